The number of benzene rings is 1. The lowest BCUT2D eigenvalue weighted by Gasteiger charge is -2.31. The molecule has 0 radical (unpaired) electrons. The van der Waals surface area contributed by atoms with Crippen LogP contribution in [0.2, 0.25) is 5.02 Å². The Morgan fingerprint density at radius 3 is 2.75 bits per heavy atom. The third-order valence-corrected chi connectivity index (χ3v) is 4.92. The Bertz CT molecular complexity index is 636. The molecule has 1 aromatic rings. The van der Waals surface area contributed by atoms with E-state index in [1.54, 1.807) is 0 Å². The molecule has 2 N–H and O–H groups in total. The predicted octanol–water partition coefficient (Wildman–Crippen LogP) is 1.37. The maximum Gasteiger partial charge on any atom is 0.253 e. The molecular formula is C12H14ClFN2O3S. The lowest BCUT2D eigenvalue weighted by atomic mass is 10.1. The van der Waals surface area contributed by atoms with Gasteiger partial charge in [-0.25, -0.2) is 17.9 Å². The summed E-state index contributed by atoms with van der Waals surface area (Å²) in [6.07, 6.45) is 0.973. The van der Waals surface area contributed by atoms with Crippen LogP contribution in [0.5, 0.6) is 0 Å². The second kappa shape index (κ2) is 5.67. The first-order valence-corrected chi connectivity index (χ1v) is 8.03. The average Bonchev–Trinajstić information content (AvgIpc) is 2.40. The van der Waals surface area contributed by atoms with E-state index in [1.165, 1.54) is 17.0 Å². The van der Waals surface area contributed by atoms with Crippen LogP contribution in [0, 0.1) is 5.82 Å². The molecule has 0 aliphatic carbocycles. The summed E-state index contributed by atoms with van der Waals surface area (Å²) in [6, 6.07) is 3.75. The monoisotopic (exact) mass is 320 g/mol. The number of hydrogen-bond acceptors (Lipinski definition) is 3. The first-order chi connectivity index (χ1) is 9.29. The van der Waals surface area contributed by atoms with E-state index in [0.717, 1.165) is 6.07 Å². The highest BCUT2D eigenvalue weighted by Gasteiger charge is 2.30. The molecule has 1 atom stereocenters. The number of primary sulfonamides is 1. The fourth-order valence-electron chi connectivity index (χ4n) is 2.20. The van der Waals surface area contributed by atoms with Gasteiger partial charge in [0.1, 0.15) is 5.82 Å². The normalized spacial score (nSPS) is 19.9. The Morgan fingerprint density at radius 1 is 1.45 bits per heavy atom. The van der Waals surface area contributed by atoms with Gasteiger partial charge >= 0.3 is 0 Å². The molecule has 1 amide bonds. The molecule has 2 rings (SSSR count). The molecule has 1 saturated heterocycles. The smallest absolute Gasteiger partial charge is 0.253 e. The van der Waals surface area contributed by atoms with Crippen molar-refractivity contribution in [1.29, 1.82) is 0 Å². The highest BCUT2D eigenvalue weighted by Crippen LogP contribution is 2.20. The largest absolute Gasteiger partial charge is 0.337 e. The highest BCUT2D eigenvalue weighted by atomic mass is 35.5. The fourth-order valence-corrected chi connectivity index (χ4v) is 3.20. The molecule has 8 heteroatoms. The van der Waals surface area contributed by atoms with Crippen LogP contribution >= 0.6 is 11.6 Å². The quantitative estimate of drug-likeness (QED) is 0.893. The number of rotatable bonds is 2. The molecule has 1 aliphatic heterocycles. The van der Waals surface area contributed by atoms with E-state index in [4.69, 9.17) is 16.7 Å². The first-order valence-electron chi connectivity index (χ1n) is 6.05. The third kappa shape index (κ3) is 3.28. The Kier molecular flexibility index (Phi) is 4.31. The summed E-state index contributed by atoms with van der Waals surface area (Å²) in [5.41, 5.74) is 0.141. The van der Waals surface area contributed by atoms with Crippen molar-refractivity contribution in [1.82, 2.24) is 4.90 Å². The zero-order valence-electron chi connectivity index (χ0n) is 10.6. The molecule has 1 aromatic carbocycles. The van der Waals surface area contributed by atoms with Crippen LogP contribution < -0.4 is 5.14 Å². The molecule has 1 heterocycles. The molecule has 20 heavy (non-hydrogen) atoms. The predicted molar refractivity (Wildman–Crippen MR) is 73.4 cm³/mol. The van der Waals surface area contributed by atoms with Gasteiger partial charge in [-0.1, -0.05) is 11.6 Å². The maximum absolute atomic E-state index is 13.4. The lowest BCUT2D eigenvalue weighted by molar-refractivity contribution is 0.0726. The number of nitrogens with two attached hydrogens (primary N) is 1. The molecule has 1 fully saturated rings. The van der Waals surface area contributed by atoms with Crippen LogP contribution in [0.3, 0.4) is 0 Å². The van der Waals surface area contributed by atoms with Gasteiger partial charge in [0.05, 0.1) is 10.3 Å². The average molecular weight is 321 g/mol. The van der Waals surface area contributed by atoms with Crippen molar-refractivity contribution in [2.45, 2.75) is 18.1 Å². The summed E-state index contributed by atoms with van der Waals surface area (Å²) in [5, 5.41) is 4.28. The summed E-state index contributed by atoms with van der Waals surface area (Å²) in [6.45, 7) is 0.455. The molecule has 0 bridgehead atoms. The van der Waals surface area contributed by atoms with Crippen molar-refractivity contribution >= 4 is 27.5 Å². The van der Waals surface area contributed by atoms with Gasteiger partial charge in [-0.05, 0) is 31.0 Å². The van der Waals surface area contributed by atoms with Gasteiger partial charge in [0, 0.05) is 18.7 Å². The number of nitrogens with zero attached hydrogens (tertiary/aromatic N) is 1. The summed E-state index contributed by atoms with van der Waals surface area (Å²) in [7, 11) is -3.68. The van der Waals surface area contributed by atoms with Crippen LogP contribution in [-0.2, 0) is 10.0 Å². The lowest BCUT2D eigenvalue weighted by Crippen LogP contribution is -2.47. The Hall–Kier alpha value is -1.18. The minimum absolute atomic E-state index is 0.0297. The van der Waals surface area contributed by atoms with Gasteiger partial charge in [-0.15, -0.1) is 0 Å². The number of carbonyl (C=O) groups excluding carboxylic acids is 1. The van der Waals surface area contributed by atoms with Gasteiger partial charge in [0.2, 0.25) is 10.0 Å². The van der Waals surface area contributed by atoms with Crippen molar-refractivity contribution in [3.63, 3.8) is 0 Å². The molecule has 0 saturated carbocycles. The number of hydrogen-bond donors (Lipinski definition) is 1. The number of carbonyl (C=O) groups is 1. The molecule has 1 unspecified atom stereocenters. The van der Waals surface area contributed by atoms with E-state index in [9.17, 15) is 17.6 Å². The molecule has 1 aliphatic rings. The Labute approximate surface area is 121 Å². The van der Waals surface area contributed by atoms with E-state index in [1.807, 2.05) is 0 Å². The first kappa shape index (κ1) is 15.2. The summed E-state index contributed by atoms with van der Waals surface area (Å²) in [5.74, 6) is -1.11. The topological polar surface area (TPSA) is 80.5 Å². The SMILES string of the molecule is NS(=O)(=O)C1CCCN(C(=O)c2ccc(Cl)c(F)c2)C1. The van der Waals surface area contributed by atoms with Crippen LogP contribution in [0.15, 0.2) is 18.2 Å². The van der Waals surface area contributed by atoms with Gasteiger partial charge < -0.3 is 4.90 Å². The van der Waals surface area contributed by atoms with E-state index in [2.05, 4.69) is 0 Å². The van der Waals surface area contributed by atoms with Crippen LogP contribution in [0.4, 0.5) is 4.39 Å². The van der Waals surface area contributed by atoms with E-state index in [0.29, 0.717) is 19.4 Å². The zero-order valence-corrected chi connectivity index (χ0v) is 12.1. The Balaban J connectivity index is 2.18. The minimum Gasteiger partial charge on any atom is -0.337 e. The number of likely N-dealkylation sites (tertiary alicyclic amines) is 1. The van der Waals surface area contributed by atoms with Crippen molar-refractivity contribution in [3.8, 4) is 0 Å². The second-order valence-electron chi connectivity index (χ2n) is 4.73. The summed E-state index contributed by atoms with van der Waals surface area (Å²) in [4.78, 5) is 13.6. The van der Waals surface area contributed by atoms with Crippen molar-refractivity contribution < 1.29 is 17.6 Å². The van der Waals surface area contributed by atoms with E-state index >= 15 is 0 Å². The van der Waals surface area contributed by atoms with Crippen LogP contribution in [0.1, 0.15) is 23.2 Å². The van der Waals surface area contributed by atoms with Gasteiger partial charge in [-0.2, -0.15) is 0 Å². The molecule has 0 spiro atoms. The molecule has 110 valence electrons. The number of halogens is 2. The van der Waals surface area contributed by atoms with Crippen molar-refractivity contribution in [2.24, 2.45) is 5.14 Å². The molecular weight excluding hydrogens is 307 g/mol. The van der Waals surface area contributed by atoms with Crippen LogP contribution in [-0.4, -0.2) is 37.6 Å². The number of piperidine rings is 1. The van der Waals surface area contributed by atoms with Gasteiger partial charge in [0.25, 0.3) is 5.91 Å². The number of sulfonamides is 1. The Morgan fingerprint density at radius 2 is 2.15 bits per heavy atom. The summed E-state index contributed by atoms with van der Waals surface area (Å²) < 4.78 is 36.1. The van der Waals surface area contributed by atoms with E-state index < -0.39 is 27.0 Å². The minimum atomic E-state index is -3.68. The maximum atomic E-state index is 13.4. The molecule has 5 nitrogen and oxygen atoms in total. The van der Waals surface area contributed by atoms with Crippen molar-refractivity contribution in [2.75, 3.05) is 13.1 Å². The zero-order chi connectivity index (χ0) is 14.9. The van der Waals surface area contributed by atoms with Gasteiger partial charge in [-0.3, -0.25) is 4.79 Å². The number of amides is 1. The fraction of sp³-hybridized carbons (Fsp3) is 0.417. The third-order valence-electron chi connectivity index (χ3n) is 3.30. The second-order valence-corrected chi connectivity index (χ2v) is 6.99. The standard InChI is InChI=1S/C12H14ClFN2O3S/c13-10-4-3-8(6-11(10)14)12(17)16-5-1-2-9(7-16)20(15,18)19/h3-4,6,9H,1-2,5,7H2,(H2,15,18,19). The highest BCUT2D eigenvalue weighted by molar-refractivity contribution is 7.89. The van der Waals surface area contributed by atoms with E-state index in [-0.39, 0.29) is 17.1 Å². The van der Waals surface area contributed by atoms with Gasteiger partial charge in [0.15, 0.2) is 0 Å². The summed E-state index contributed by atoms with van der Waals surface area (Å²) >= 11 is 5.56. The van der Waals surface area contributed by atoms with Crippen molar-refractivity contribution in [3.05, 3.63) is 34.6 Å². The molecule has 0 aromatic heterocycles. The van der Waals surface area contributed by atoms with Crippen LogP contribution in [0.25, 0.3) is 0 Å².